The summed E-state index contributed by atoms with van der Waals surface area (Å²) in [5.74, 6) is -0.313. The van der Waals surface area contributed by atoms with E-state index in [0.717, 1.165) is 24.2 Å². The molecule has 2 amide bonds. The van der Waals surface area contributed by atoms with Gasteiger partial charge in [-0.2, -0.15) is 8.42 Å². The second kappa shape index (κ2) is 9.90. The Labute approximate surface area is 234 Å². The van der Waals surface area contributed by atoms with Crippen LogP contribution in [0.2, 0.25) is 10.0 Å². The molecular formula is C26H23Cl2N3O7S. The Hall–Kier alpha value is -2.96. The van der Waals surface area contributed by atoms with Crippen LogP contribution in [-0.4, -0.2) is 42.1 Å². The van der Waals surface area contributed by atoms with Gasteiger partial charge in [-0.3, -0.25) is 14.1 Å². The van der Waals surface area contributed by atoms with Crippen molar-refractivity contribution in [1.82, 2.24) is 9.88 Å². The Morgan fingerprint density at radius 3 is 2.44 bits per heavy atom. The van der Waals surface area contributed by atoms with Crippen molar-refractivity contribution in [2.24, 2.45) is 5.92 Å². The Morgan fingerprint density at radius 2 is 1.82 bits per heavy atom. The van der Waals surface area contributed by atoms with Crippen LogP contribution in [0.5, 0.6) is 0 Å². The van der Waals surface area contributed by atoms with Crippen LogP contribution in [0, 0.1) is 5.92 Å². The van der Waals surface area contributed by atoms with E-state index in [0.29, 0.717) is 39.8 Å². The maximum atomic E-state index is 13.3. The van der Waals surface area contributed by atoms with E-state index in [1.807, 2.05) is 0 Å². The van der Waals surface area contributed by atoms with Crippen LogP contribution >= 0.6 is 23.2 Å². The van der Waals surface area contributed by atoms with Crippen LogP contribution in [0.25, 0.3) is 11.3 Å². The molecular weight excluding hydrogens is 569 g/mol. The van der Waals surface area contributed by atoms with Crippen LogP contribution in [0.4, 0.5) is 5.69 Å². The summed E-state index contributed by atoms with van der Waals surface area (Å²) in [7, 11) is -4.67. The first kappa shape index (κ1) is 26.3. The molecule has 1 aliphatic heterocycles. The van der Waals surface area contributed by atoms with Crippen molar-refractivity contribution in [1.29, 1.82) is 0 Å². The highest BCUT2D eigenvalue weighted by Gasteiger charge is 2.52. The number of anilines is 1. The molecule has 2 bridgehead atoms. The van der Waals surface area contributed by atoms with Gasteiger partial charge < -0.3 is 14.2 Å². The van der Waals surface area contributed by atoms with E-state index < -0.39 is 16.2 Å². The number of nitrogens with zero attached hydrogens (tertiary/aromatic N) is 2. The topological polar surface area (TPSA) is 139 Å². The zero-order chi connectivity index (χ0) is 27.5. The highest BCUT2D eigenvalue weighted by Crippen LogP contribution is 2.47. The molecule has 2 aliphatic carbocycles. The summed E-state index contributed by atoms with van der Waals surface area (Å²) < 4.78 is 44.1. The number of carbonyl (C=O) groups excluding carboxylic acids is 2. The van der Waals surface area contributed by atoms with Crippen molar-refractivity contribution in [3.63, 3.8) is 0 Å². The van der Waals surface area contributed by atoms with Gasteiger partial charge in [0.1, 0.15) is 11.5 Å². The molecule has 2 saturated carbocycles. The average molecular weight is 592 g/mol. The number of halogens is 2. The molecule has 2 aromatic carbocycles. The highest BCUT2D eigenvalue weighted by molar-refractivity contribution is 7.84. The maximum Gasteiger partial charge on any atom is 0.359 e. The lowest BCUT2D eigenvalue weighted by molar-refractivity contribution is -0.126. The fourth-order valence-electron chi connectivity index (χ4n) is 5.51. The van der Waals surface area contributed by atoms with Crippen LogP contribution in [0.15, 0.2) is 47.0 Å². The Bertz CT molecular complexity index is 1550. The largest absolute Gasteiger partial charge is 0.372 e. The van der Waals surface area contributed by atoms with Gasteiger partial charge in [0.2, 0.25) is 5.91 Å². The normalized spacial score (nSPS) is 22.5. The number of rotatable bonds is 8. The van der Waals surface area contributed by atoms with Gasteiger partial charge in [0.25, 0.3) is 5.91 Å². The number of carbonyl (C=O) groups is 2. The summed E-state index contributed by atoms with van der Waals surface area (Å²) in [5.41, 5.74) is 2.59. The third-order valence-corrected chi connectivity index (χ3v) is 8.51. The van der Waals surface area contributed by atoms with E-state index in [-0.39, 0.29) is 42.1 Å². The SMILES string of the molecule is O=C(NS(=O)(=O)O)c1ccc(N2C(=O)[C@@H]3C[C@H]2C[C@H]3OCc2c(-c3c(Cl)cccc3Cl)noc2C2CC2)cc1. The van der Waals surface area contributed by atoms with Crippen molar-refractivity contribution in [3.8, 4) is 11.3 Å². The van der Waals surface area contributed by atoms with Crippen LogP contribution < -0.4 is 9.62 Å². The van der Waals surface area contributed by atoms with Gasteiger partial charge in [-0.15, -0.1) is 0 Å². The zero-order valence-electron chi connectivity index (χ0n) is 20.3. The van der Waals surface area contributed by atoms with Crippen LogP contribution in [0.1, 0.15) is 53.3 Å². The molecule has 3 fully saturated rings. The smallest absolute Gasteiger partial charge is 0.359 e. The number of fused-ring (bicyclic) bond motifs is 2. The Kier molecular flexibility index (Phi) is 6.67. The van der Waals surface area contributed by atoms with E-state index in [1.54, 1.807) is 35.2 Å². The third kappa shape index (κ3) is 5.05. The minimum absolute atomic E-state index is 0.0315. The zero-order valence-corrected chi connectivity index (χ0v) is 22.7. The standard InChI is InChI=1S/C26H23Cl2N3O7S/c27-19-2-1-3-20(28)22(19)23-18(24(38-29-23)13-4-5-13)12-37-21-11-16-10-17(21)26(33)31(16)15-8-6-14(7-9-15)25(32)30-39(34,35)36/h1-3,6-9,13,16-17,21H,4-5,10-12H2,(H,30,32)(H,34,35,36)/t16-,17+,21+/m0/s1. The van der Waals surface area contributed by atoms with Crippen molar-refractivity contribution < 1.29 is 31.8 Å². The maximum absolute atomic E-state index is 13.3. The van der Waals surface area contributed by atoms with Crippen molar-refractivity contribution in [2.75, 3.05) is 4.90 Å². The van der Waals surface area contributed by atoms with E-state index in [9.17, 15) is 18.0 Å². The molecule has 6 rings (SSSR count). The van der Waals surface area contributed by atoms with Crippen molar-refractivity contribution in [3.05, 3.63) is 69.4 Å². The summed E-state index contributed by atoms with van der Waals surface area (Å²) in [4.78, 5) is 26.9. The van der Waals surface area contributed by atoms with E-state index in [2.05, 4.69) is 5.16 Å². The summed E-state index contributed by atoms with van der Waals surface area (Å²) in [5, 5.41) is 5.22. The molecule has 204 valence electrons. The quantitative estimate of drug-likeness (QED) is 0.357. The molecule has 39 heavy (non-hydrogen) atoms. The van der Waals surface area contributed by atoms with Gasteiger partial charge in [-0.05, 0) is 62.1 Å². The molecule has 1 aromatic heterocycles. The summed E-state index contributed by atoms with van der Waals surface area (Å²) >= 11 is 12.9. The number of hydrogen-bond donors (Lipinski definition) is 2. The molecule has 3 aromatic rings. The number of amides is 2. The van der Waals surface area contributed by atoms with Gasteiger partial charge in [-0.1, -0.05) is 34.4 Å². The third-order valence-electron chi connectivity index (χ3n) is 7.44. The number of hydrogen-bond acceptors (Lipinski definition) is 7. The second-order valence-corrected chi connectivity index (χ2v) is 12.0. The van der Waals surface area contributed by atoms with E-state index in [4.69, 9.17) is 37.0 Å². The first-order chi connectivity index (χ1) is 18.6. The fraction of sp³-hybridized carbons (Fsp3) is 0.346. The van der Waals surface area contributed by atoms with Gasteiger partial charge in [-0.25, -0.2) is 4.72 Å². The monoisotopic (exact) mass is 591 g/mol. The molecule has 3 aliphatic rings. The second-order valence-electron chi connectivity index (χ2n) is 9.99. The molecule has 0 spiro atoms. The number of benzene rings is 2. The predicted octanol–water partition coefficient (Wildman–Crippen LogP) is 4.77. The van der Waals surface area contributed by atoms with Gasteiger partial charge >= 0.3 is 10.3 Å². The molecule has 2 N–H and O–H groups in total. The fourth-order valence-corrected chi connectivity index (χ4v) is 6.44. The number of nitrogens with one attached hydrogen (secondary N) is 1. The van der Waals surface area contributed by atoms with Crippen molar-refractivity contribution in [2.45, 2.75) is 50.4 Å². The minimum atomic E-state index is -4.67. The molecule has 1 saturated heterocycles. The molecule has 10 nitrogen and oxygen atoms in total. The minimum Gasteiger partial charge on any atom is -0.372 e. The van der Waals surface area contributed by atoms with E-state index >= 15 is 0 Å². The Balaban J connectivity index is 1.16. The first-order valence-electron chi connectivity index (χ1n) is 12.4. The lowest BCUT2D eigenvalue weighted by Crippen LogP contribution is -2.43. The molecule has 0 unspecified atom stereocenters. The van der Waals surface area contributed by atoms with Crippen LogP contribution in [0.3, 0.4) is 0 Å². The molecule has 3 atom stereocenters. The number of ether oxygens (including phenoxy) is 1. The molecule has 0 radical (unpaired) electrons. The van der Waals surface area contributed by atoms with Crippen molar-refractivity contribution >= 4 is 51.0 Å². The average Bonchev–Trinajstić information content (AvgIpc) is 3.38. The highest BCUT2D eigenvalue weighted by atomic mass is 35.5. The van der Waals surface area contributed by atoms with Gasteiger partial charge in [0, 0.05) is 34.3 Å². The summed E-state index contributed by atoms with van der Waals surface area (Å²) in [6, 6.07) is 11.1. The summed E-state index contributed by atoms with van der Waals surface area (Å²) in [6.07, 6.45) is 3.01. The summed E-state index contributed by atoms with van der Waals surface area (Å²) in [6.45, 7) is 0.213. The van der Waals surface area contributed by atoms with E-state index in [1.165, 1.54) is 16.9 Å². The van der Waals surface area contributed by atoms with Gasteiger partial charge in [0.15, 0.2) is 0 Å². The number of aromatic nitrogens is 1. The lowest BCUT2D eigenvalue weighted by Gasteiger charge is -2.31. The lowest BCUT2D eigenvalue weighted by atomic mass is 10.0. The molecule has 13 heteroatoms. The van der Waals surface area contributed by atoms with Crippen LogP contribution in [-0.2, 0) is 26.4 Å². The Morgan fingerprint density at radius 1 is 1.13 bits per heavy atom. The first-order valence-corrected chi connectivity index (χ1v) is 14.6. The number of piperidine rings is 1. The molecule has 2 heterocycles. The predicted molar refractivity (Wildman–Crippen MR) is 142 cm³/mol. The van der Waals surface area contributed by atoms with Gasteiger partial charge in [0.05, 0.1) is 28.7 Å².